The molecule has 2 rings (SSSR count). The fourth-order valence-electron chi connectivity index (χ4n) is 1.54. The van der Waals surface area contributed by atoms with Gasteiger partial charge in [-0.2, -0.15) is 0 Å². The molecule has 0 aliphatic rings. The second kappa shape index (κ2) is 7.28. The lowest BCUT2D eigenvalue weighted by Gasteiger charge is -2.08. The van der Waals surface area contributed by atoms with E-state index in [1.165, 1.54) is 4.88 Å². The highest BCUT2D eigenvalue weighted by Crippen LogP contribution is 2.22. The van der Waals surface area contributed by atoms with Gasteiger partial charge in [0.1, 0.15) is 0 Å². The predicted octanol–water partition coefficient (Wildman–Crippen LogP) is 2.98. The molecule has 0 saturated carbocycles. The fraction of sp³-hybridized carbons (Fsp3) is 0.154. The van der Waals surface area contributed by atoms with Crippen LogP contribution in [0.2, 0.25) is 0 Å². The highest BCUT2D eigenvalue weighted by molar-refractivity contribution is 9.11. The molecule has 0 saturated heterocycles. The molecule has 1 aromatic carbocycles. The number of hydrazine groups is 1. The zero-order chi connectivity index (χ0) is 13.5. The van der Waals surface area contributed by atoms with E-state index >= 15 is 0 Å². The van der Waals surface area contributed by atoms with Crippen LogP contribution in [0.4, 0.5) is 5.69 Å². The number of anilines is 1. The topological polar surface area (TPSA) is 62.4 Å². The van der Waals surface area contributed by atoms with E-state index in [-0.39, 0.29) is 0 Å². The molecule has 0 fully saturated rings. The number of rotatable bonds is 4. The van der Waals surface area contributed by atoms with Crippen molar-refractivity contribution in [2.45, 2.75) is 6.42 Å². The van der Waals surface area contributed by atoms with Gasteiger partial charge in [0.25, 0.3) is 0 Å². The summed E-state index contributed by atoms with van der Waals surface area (Å²) >= 11 is 5.18. The van der Waals surface area contributed by atoms with Gasteiger partial charge >= 0.3 is 0 Å². The van der Waals surface area contributed by atoms with Crippen LogP contribution in [0.3, 0.4) is 0 Å². The lowest BCUT2D eigenvalue weighted by Crippen LogP contribution is -2.36. The maximum Gasteiger partial charge on any atom is 0.210 e. The Morgan fingerprint density at radius 2 is 2.00 bits per heavy atom. The van der Waals surface area contributed by atoms with Crippen LogP contribution in [0.5, 0.6) is 0 Å². The molecule has 1 aromatic heterocycles. The monoisotopic (exact) mass is 338 g/mol. The number of para-hydroxylation sites is 1. The number of guanidine groups is 1. The summed E-state index contributed by atoms with van der Waals surface area (Å²) in [6.45, 7) is 0.687. The van der Waals surface area contributed by atoms with Crippen molar-refractivity contribution in [1.29, 1.82) is 0 Å². The SMILES string of the molecule is NNC(=NCCc1ccc(Br)s1)Nc1ccccc1. The fourth-order valence-corrected chi connectivity index (χ4v) is 3.02. The number of aliphatic imine (C=N–C) groups is 1. The van der Waals surface area contributed by atoms with Crippen LogP contribution >= 0.6 is 27.3 Å². The Morgan fingerprint density at radius 3 is 2.63 bits per heavy atom. The van der Waals surface area contributed by atoms with Gasteiger partial charge in [0.05, 0.1) is 3.79 Å². The van der Waals surface area contributed by atoms with Crippen LogP contribution in [0.1, 0.15) is 4.88 Å². The Kier molecular flexibility index (Phi) is 5.38. The average molecular weight is 339 g/mol. The molecule has 4 N–H and O–H groups in total. The standard InChI is InChI=1S/C13H15BrN4S/c14-12-7-6-11(19-12)8-9-16-13(18-15)17-10-4-2-1-3-5-10/h1-7H,8-9,15H2,(H2,16,17,18). The van der Waals surface area contributed by atoms with E-state index in [1.54, 1.807) is 11.3 Å². The number of thiophene rings is 1. The summed E-state index contributed by atoms with van der Waals surface area (Å²) in [6.07, 6.45) is 0.901. The van der Waals surface area contributed by atoms with Crippen LogP contribution in [-0.2, 0) is 6.42 Å². The van der Waals surface area contributed by atoms with E-state index < -0.39 is 0 Å². The first-order valence-electron chi connectivity index (χ1n) is 5.85. The number of benzene rings is 1. The lowest BCUT2D eigenvalue weighted by atomic mass is 10.3. The Labute approximate surface area is 124 Å². The van der Waals surface area contributed by atoms with Gasteiger partial charge in [-0.1, -0.05) is 18.2 Å². The van der Waals surface area contributed by atoms with Gasteiger partial charge in [-0.05, 0) is 40.2 Å². The third-order valence-corrected chi connectivity index (χ3v) is 4.11. The Balaban J connectivity index is 1.88. The molecular weight excluding hydrogens is 324 g/mol. The van der Waals surface area contributed by atoms with Crippen molar-refractivity contribution < 1.29 is 0 Å². The summed E-state index contributed by atoms with van der Waals surface area (Å²) in [7, 11) is 0. The predicted molar refractivity (Wildman–Crippen MR) is 85.4 cm³/mol. The maximum atomic E-state index is 5.46. The molecule has 2 aromatic rings. The van der Waals surface area contributed by atoms with Gasteiger partial charge in [0, 0.05) is 23.5 Å². The summed E-state index contributed by atoms with van der Waals surface area (Å²) in [6, 6.07) is 14.0. The van der Waals surface area contributed by atoms with Crippen LogP contribution < -0.4 is 16.6 Å². The molecule has 0 atom stereocenters. The molecule has 1 heterocycles. The maximum absolute atomic E-state index is 5.46. The van der Waals surface area contributed by atoms with Crippen molar-refractivity contribution in [2.24, 2.45) is 10.8 Å². The summed E-state index contributed by atoms with van der Waals surface area (Å²) in [5.41, 5.74) is 3.53. The first kappa shape index (κ1) is 14.0. The summed E-state index contributed by atoms with van der Waals surface area (Å²) < 4.78 is 1.14. The number of hydrogen-bond acceptors (Lipinski definition) is 3. The molecule has 6 heteroatoms. The van der Waals surface area contributed by atoms with Crippen molar-refractivity contribution in [3.8, 4) is 0 Å². The molecular formula is C13H15BrN4S. The molecule has 0 spiro atoms. The van der Waals surface area contributed by atoms with Gasteiger partial charge in [0.15, 0.2) is 0 Å². The molecule has 0 bridgehead atoms. The quantitative estimate of drug-likeness (QED) is 0.347. The van der Waals surface area contributed by atoms with E-state index in [4.69, 9.17) is 5.84 Å². The van der Waals surface area contributed by atoms with E-state index in [0.717, 1.165) is 15.9 Å². The zero-order valence-electron chi connectivity index (χ0n) is 10.3. The van der Waals surface area contributed by atoms with Crippen molar-refractivity contribution in [3.63, 3.8) is 0 Å². The van der Waals surface area contributed by atoms with Gasteiger partial charge in [-0.15, -0.1) is 11.3 Å². The third-order valence-electron chi connectivity index (χ3n) is 2.43. The number of nitrogens with zero attached hydrogens (tertiary/aromatic N) is 1. The van der Waals surface area contributed by atoms with Gasteiger partial charge in [-0.25, -0.2) is 5.84 Å². The van der Waals surface area contributed by atoms with Crippen molar-refractivity contribution in [3.05, 3.63) is 51.1 Å². The first-order valence-corrected chi connectivity index (χ1v) is 7.46. The Bertz CT molecular complexity index is 539. The summed E-state index contributed by atoms with van der Waals surface area (Å²) in [5.74, 6) is 6.03. The van der Waals surface area contributed by atoms with Crippen molar-refractivity contribution >= 4 is 38.9 Å². The minimum atomic E-state index is 0.571. The minimum absolute atomic E-state index is 0.571. The highest BCUT2D eigenvalue weighted by Gasteiger charge is 1.99. The van der Waals surface area contributed by atoms with Gasteiger partial charge in [0.2, 0.25) is 5.96 Å². The lowest BCUT2D eigenvalue weighted by molar-refractivity contribution is 0.940. The second-order valence-electron chi connectivity index (χ2n) is 3.82. The number of halogens is 1. The normalized spacial score (nSPS) is 11.4. The Morgan fingerprint density at radius 1 is 1.21 bits per heavy atom. The molecule has 0 amide bonds. The van der Waals surface area contributed by atoms with E-state index in [1.807, 2.05) is 36.4 Å². The van der Waals surface area contributed by atoms with E-state index in [9.17, 15) is 0 Å². The summed E-state index contributed by atoms with van der Waals surface area (Å²) in [5, 5.41) is 3.13. The molecule has 0 aliphatic carbocycles. The first-order chi connectivity index (χ1) is 9.28. The van der Waals surface area contributed by atoms with Crippen molar-refractivity contribution in [2.75, 3.05) is 11.9 Å². The van der Waals surface area contributed by atoms with E-state index in [0.29, 0.717) is 12.5 Å². The molecule has 100 valence electrons. The van der Waals surface area contributed by atoms with Crippen molar-refractivity contribution in [1.82, 2.24) is 5.43 Å². The highest BCUT2D eigenvalue weighted by atomic mass is 79.9. The van der Waals surface area contributed by atoms with Crippen LogP contribution in [0.25, 0.3) is 0 Å². The van der Waals surface area contributed by atoms with Gasteiger partial charge in [-0.3, -0.25) is 10.4 Å². The number of nitrogens with one attached hydrogen (secondary N) is 2. The van der Waals surface area contributed by atoms with Crippen LogP contribution in [-0.4, -0.2) is 12.5 Å². The molecule has 19 heavy (non-hydrogen) atoms. The molecule has 0 radical (unpaired) electrons. The average Bonchev–Trinajstić information content (AvgIpc) is 2.84. The molecule has 0 unspecified atom stereocenters. The largest absolute Gasteiger partial charge is 0.325 e. The number of hydrogen-bond donors (Lipinski definition) is 3. The van der Waals surface area contributed by atoms with Crippen LogP contribution in [0, 0.1) is 0 Å². The zero-order valence-corrected chi connectivity index (χ0v) is 12.7. The Hall–Kier alpha value is -1.37. The number of nitrogens with two attached hydrogens (primary N) is 1. The molecule has 4 nitrogen and oxygen atoms in total. The van der Waals surface area contributed by atoms with Gasteiger partial charge < -0.3 is 5.32 Å². The third kappa shape index (κ3) is 4.66. The van der Waals surface area contributed by atoms with E-state index in [2.05, 4.69) is 37.7 Å². The minimum Gasteiger partial charge on any atom is -0.325 e. The smallest absolute Gasteiger partial charge is 0.210 e. The second-order valence-corrected chi connectivity index (χ2v) is 6.37. The summed E-state index contributed by atoms with van der Waals surface area (Å²) in [4.78, 5) is 5.70. The van der Waals surface area contributed by atoms with Crippen LogP contribution in [0.15, 0.2) is 51.2 Å². The molecule has 0 aliphatic heterocycles.